The van der Waals surface area contributed by atoms with E-state index >= 15 is 0 Å². The van der Waals surface area contributed by atoms with Gasteiger partial charge in [-0.3, -0.25) is 9.67 Å². The fourth-order valence-corrected chi connectivity index (χ4v) is 5.38. The molecule has 3 aromatic heterocycles. The second-order valence-electron chi connectivity index (χ2n) is 10.1. The van der Waals surface area contributed by atoms with Gasteiger partial charge in [0.05, 0.1) is 47.8 Å². The molecule has 0 amide bonds. The first kappa shape index (κ1) is 23.3. The molecule has 0 atom stereocenters. The maximum absolute atomic E-state index is 14.8. The van der Waals surface area contributed by atoms with Crippen molar-refractivity contribution in [1.82, 2.24) is 24.2 Å². The maximum Gasteiger partial charge on any atom is 0.222 e. The van der Waals surface area contributed by atoms with Crippen LogP contribution in [0, 0.1) is 12.4 Å². The molecule has 8 heteroatoms. The van der Waals surface area contributed by atoms with Gasteiger partial charge < -0.3 is 14.6 Å². The van der Waals surface area contributed by atoms with Crippen molar-refractivity contribution in [3.05, 3.63) is 78.3 Å². The molecule has 7 nitrogen and oxygen atoms in total. The predicted octanol–water partition coefficient (Wildman–Crippen LogP) is 5.40. The van der Waals surface area contributed by atoms with Gasteiger partial charge in [-0.2, -0.15) is 5.10 Å². The molecular formula is C29H27FN6O. The van der Waals surface area contributed by atoms with Crippen LogP contribution in [0.1, 0.15) is 12.8 Å². The number of hydrogen-bond acceptors (Lipinski definition) is 4. The Morgan fingerprint density at radius 3 is 2.57 bits per heavy atom. The lowest BCUT2D eigenvalue weighted by Gasteiger charge is -2.37. The lowest BCUT2D eigenvalue weighted by molar-refractivity contribution is -0.0282. The Labute approximate surface area is 214 Å². The molecule has 1 aliphatic rings. The minimum atomic E-state index is -0.786. The quantitative estimate of drug-likeness (QED) is 0.340. The van der Waals surface area contributed by atoms with E-state index in [2.05, 4.69) is 26.5 Å². The van der Waals surface area contributed by atoms with Gasteiger partial charge in [0.25, 0.3) is 0 Å². The summed E-state index contributed by atoms with van der Waals surface area (Å²) < 4.78 is 18.7. The van der Waals surface area contributed by atoms with Crippen molar-refractivity contribution in [1.29, 1.82) is 0 Å². The number of likely N-dealkylation sites (tertiary alicyclic amines) is 1. The molecule has 5 aromatic rings. The van der Waals surface area contributed by atoms with Gasteiger partial charge in [-0.15, -0.1) is 0 Å². The van der Waals surface area contributed by atoms with Crippen LogP contribution in [0.3, 0.4) is 0 Å². The highest BCUT2D eigenvalue weighted by molar-refractivity contribution is 6.02. The molecule has 1 saturated heterocycles. The van der Waals surface area contributed by atoms with Crippen LogP contribution in [0.4, 0.5) is 10.1 Å². The van der Waals surface area contributed by atoms with Crippen LogP contribution in [-0.2, 0) is 13.6 Å². The molecule has 0 radical (unpaired) electrons. The van der Waals surface area contributed by atoms with E-state index in [0.29, 0.717) is 24.9 Å². The minimum Gasteiger partial charge on any atom is -0.388 e. The molecule has 2 aromatic carbocycles. The Bertz CT molecular complexity index is 1690. The van der Waals surface area contributed by atoms with Crippen LogP contribution in [0.2, 0.25) is 0 Å². The van der Waals surface area contributed by atoms with Crippen LogP contribution >= 0.6 is 0 Å². The molecule has 37 heavy (non-hydrogen) atoms. The lowest BCUT2D eigenvalue weighted by atomic mass is 9.91. The van der Waals surface area contributed by atoms with Crippen molar-refractivity contribution < 1.29 is 9.50 Å². The second-order valence-corrected chi connectivity index (χ2v) is 10.1. The van der Waals surface area contributed by atoms with Gasteiger partial charge in [0.15, 0.2) is 0 Å². The normalized spacial score (nSPS) is 15.9. The molecule has 0 unspecified atom stereocenters. The number of halogens is 1. The minimum absolute atomic E-state index is 0.00993. The molecule has 1 fully saturated rings. The molecule has 0 bridgehead atoms. The highest BCUT2D eigenvalue weighted by Gasteiger charge is 2.32. The summed E-state index contributed by atoms with van der Waals surface area (Å²) in [6, 6.07) is 12.8. The first-order chi connectivity index (χ1) is 17.8. The number of aliphatic hydroxyl groups is 1. The molecule has 1 N–H and O–H groups in total. The number of pyridine rings is 1. The molecule has 4 heterocycles. The number of aromatic nitrogens is 4. The third-order valence-corrected chi connectivity index (χ3v) is 7.59. The van der Waals surface area contributed by atoms with E-state index in [0.717, 1.165) is 51.7 Å². The van der Waals surface area contributed by atoms with Crippen molar-refractivity contribution in [2.45, 2.75) is 25.0 Å². The number of aryl methyl sites for hydroxylation is 1. The van der Waals surface area contributed by atoms with Crippen molar-refractivity contribution in [2.75, 3.05) is 20.1 Å². The van der Waals surface area contributed by atoms with Crippen molar-refractivity contribution >= 4 is 27.5 Å². The number of piperidine rings is 1. The summed E-state index contributed by atoms with van der Waals surface area (Å²) in [5.74, 6) is -0.557. The largest absolute Gasteiger partial charge is 0.388 e. The van der Waals surface area contributed by atoms with Gasteiger partial charge in [0, 0.05) is 48.2 Å². The summed E-state index contributed by atoms with van der Waals surface area (Å²) in [5, 5.41) is 17.5. The second kappa shape index (κ2) is 8.80. The van der Waals surface area contributed by atoms with Crippen LogP contribution in [0.5, 0.6) is 0 Å². The van der Waals surface area contributed by atoms with Crippen molar-refractivity contribution in [3.8, 4) is 22.4 Å². The zero-order valence-corrected chi connectivity index (χ0v) is 20.8. The van der Waals surface area contributed by atoms with Crippen LogP contribution in [0.15, 0.2) is 61.1 Å². The van der Waals surface area contributed by atoms with Crippen LogP contribution in [-0.4, -0.2) is 55.1 Å². The third kappa shape index (κ3) is 4.06. The number of benzene rings is 2. The van der Waals surface area contributed by atoms with Crippen molar-refractivity contribution in [3.63, 3.8) is 0 Å². The highest BCUT2D eigenvalue weighted by atomic mass is 19.1. The van der Waals surface area contributed by atoms with E-state index in [9.17, 15) is 9.50 Å². The Kier molecular flexibility index (Phi) is 5.55. The fraction of sp³-hybridized carbons (Fsp3) is 0.276. The maximum atomic E-state index is 14.8. The van der Waals surface area contributed by atoms with E-state index in [1.807, 2.05) is 54.6 Å². The zero-order chi connectivity index (χ0) is 25.7. The number of fused-ring (bicyclic) bond motifs is 2. The summed E-state index contributed by atoms with van der Waals surface area (Å²) >= 11 is 0. The SMILES string of the molecule is [C-]#[N+]c1ccc(-c2c(-c3ccc4c(cnn4C)c3)ncc3c2ccn3CC2(O)CCN(C)CC2)cc1F. The zero-order valence-electron chi connectivity index (χ0n) is 20.8. The standard InChI is InChI=1S/C29H27FN6O/c1-31-24-6-4-19(15-23(24)30)27-22-8-11-36(18-29(37)9-12-34(2)13-10-29)26(22)17-32-28(27)20-5-7-25-21(14-20)16-33-35(25)3/h4-8,11,14-17,37H,9-10,12-13,18H2,2-3H3. The summed E-state index contributed by atoms with van der Waals surface area (Å²) in [6.45, 7) is 9.42. The smallest absolute Gasteiger partial charge is 0.222 e. The van der Waals surface area contributed by atoms with Gasteiger partial charge >= 0.3 is 0 Å². The Balaban J connectivity index is 1.52. The Morgan fingerprint density at radius 1 is 1.03 bits per heavy atom. The van der Waals surface area contributed by atoms with E-state index in [1.54, 1.807) is 6.07 Å². The summed E-state index contributed by atoms with van der Waals surface area (Å²) in [4.78, 5) is 10.4. The summed E-state index contributed by atoms with van der Waals surface area (Å²) in [6.07, 6.45) is 7.04. The molecular weight excluding hydrogens is 467 g/mol. The third-order valence-electron chi connectivity index (χ3n) is 7.59. The van der Waals surface area contributed by atoms with Crippen molar-refractivity contribution in [2.24, 2.45) is 7.05 Å². The molecule has 6 rings (SSSR count). The van der Waals surface area contributed by atoms with Gasteiger partial charge in [0.2, 0.25) is 5.69 Å². The number of hydrogen-bond donors (Lipinski definition) is 1. The fourth-order valence-electron chi connectivity index (χ4n) is 5.38. The number of rotatable bonds is 4. The Hall–Kier alpha value is -4.06. The molecule has 0 spiro atoms. The Morgan fingerprint density at radius 2 is 1.81 bits per heavy atom. The summed E-state index contributed by atoms with van der Waals surface area (Å²) in [7, 11) is 3.98. The van der Waals surface area contributed by atoms with E-state index < -0.39 is 11.4 Å². The van der Waals surface area contributed by atoms with Gasteiger partial charge in [0.1, 0.15) is 5.82 Å². The first-order valence-electron chi connectivity index (χ1n) is 12.3. The van der Waals surface area contributed by atoms with Crippen LogP contribution in [0.25, 0.3) is 49.0 Å². The van der Waals surface area contributed by atoms with Gasteiger partial charge in [-0.1, -0.05) is 18.2 Å². The molecule has 0 saturated carbocycles. The predicted molar refractivity (Wildman–Crippen MR) is 143 cm³/mol. The molecule has 0 aliphatic carbocycles. The van der Waals surface area contributed by atoms with Crippen LogP contribution < -0.4 is 0 Å². The van der Waals surface area contributed by atoms with E-state index in [1.165, 1.54) is 12.1 Å². The molecule has 186 valence electrons. The summed E-state index contributed by atoms with van der Waals surface area (Å²) in [5.41, 5.74) is 4.17. The molecule has 1 aliphatic heterocycles. The van der Waals surface area contributed by atoms with E-state index in [-0.39, 0.29) is 5.69 Å². The van der Waals surface area contributed by atoms with Gasteiger partial charge in [-0.25, -0.2) is 9.24 Å². The lowest BCUT2D eigenvalue weighted by Crippen LogP contribution is -2.45. The number of nitrogens with zero attached hydrogens (tertiary/aromatic N) is 6. The highest BCUT2D eigenvalue weighted by Crippen LogP contribution is 2.39. The monoisotopic (exact) mass is 494 g/mol. The topological polar surface area (TPSA) is 63.5 Å². The van der Waals surface area contributed by atoms with Gasteiger partial charge in [-0.05, 0) is 49.7 Å². The van der Waals surface area contributed by atoms with E-state index in [4.69, 9.17) is 11.6 Å². The average Bonchev–Trinajstić information content (AvgIpc) is 3.48. The first-order valence-corrected chi connectivity index (χ1v) is 12.3. The average molecular weight is 495 g/mol.